The summed E-state index contributed by atoms with van der Waals surface area (Å²) in [6, 6.07) is 0. The smallest absolute Gasteiger partial charge is 0.000559 e. The first-order chi connectivity index (χ1) is 11.9. The lowest BCUT2D eigenvalue weighted by Crippen LogP contribution is -2.46. The van der Waals surface area contributed by atoms with Crippen molar-refractivity contribution in [2.75, 3.05) is 13.1 Å². The SMILES string of the molecule is C1CCC(C2CCCC(C3CCCCC(C4CNC4)C3)CCC2)C1. The van der Waals surface area contributed by atoms with Crippen LogP contribution in [0.4, 0.5) is 0 Å². The van der Waals surface area contributed by atoms with Gasteiger partial charge in [0.2, 0.25) is 0 Å². The van der Waals surface area contributed by atoms with Crippen molar-refractivity contribution in [1.29, 1.82) is 0 Å². The molecule has 1 heterocycles. The van der Waals surface area contributed by atoms with Crippen LogP contribution < -0.4 is 5.32 Å². The van der Waals surface area contributed by atoms with Crippen LogP contribution in [0.1, 0.15) is 96.3 Å². The fraction of sp³-hybridized carbons (Fsp3) is 1.00. The van der Waals surface area contributed by atoms with E-state index in [-0.39, 0.29) is 0 Å². The van der Waals surface area contributed by atoms with Gasteiger partial charge in [0.1, 0.15) is 0 Å². The number of hydrogen-bond acceptors (Lipinski definition) is 1. The van der Waals surface area contributed by atoms with Gasteiger partial charge in [-0.1, -0.05) is 89.9 Å². The van der Waals surface area contributed by atoms with Crippen LogP contribution in [0.3, 0.4) is 0 Å². The molecule has 1 nitrogen and oxygen atoms in total. The first-order valence-corrected chi connectivity index (χ1v) is 11.6. The molecule has 1 saturated heterocycles. The molecule has 0 spiro atoms. The third kappa shape index (κ3) is 4.19. The molecule has 0 bridgehead atoms. The minimum atomic E-state index is 1.03. The summed E-state index contributed by atoms with van der Waals surface area (Å²) in [7, 11) is 0. The lowest BCUT2D eigenvalue weighted by atomic mass is 9.71. The summed E-state index contributed by atoms with van der Waals surface area (Å²) in [5, 5.41) is 3.52. The van der Waals surface area contributed by atoms with Crippen LogP contribution in [-0.2, 0) is 0 Å². The van der Waals surface area contributed by atoms with Gasteiger partial charge < -0.3 is 5.32 Å². The van der Waals surface area contributed by atoms with Gasteiger partial charge in [-0.05, 0) is 55.0 Å². The van der Waals surface area contributed by atoms with E-state index >= 15 is 0 Å². The van der Waals surface area contributed by atoms with Gasteiger partial charge in [-0.25, -0.2) is 0 Å². The van der Waals surface area contributed by atoms with Gasteiger partial charge in [0.15, 0.2) is 0 Å². The predicted octanol–water partition coefficient (Wildman–Crippen LogP) is 6.18. The zero-order valence-electron chi connectivity index (χ0n) is 16.0. The Morgan fingerprint density at radius 2 is 0.750 bits per heavy atom. The average Bonchev–Trinajstić information content (AvgIpc) is 2.93. The van der Waals surface area contributed by atoms with Gasteiger partial charge in [0.05, 0.1) is 0 Å². The number of hydrogen-bond donors (Lipinski definition) is 1. The zero-order chi connectivity index (χ0) is 16.2. The molecule has 1 aliphatic heterocycles. The topological polar surface area (TPSA) is 12.0 Å². The van der Waals surface area contributed by atoms with Gasteiger partial charge in [0, 0.05) is 0 Å². The molecule has 0 amide bonds. The monoisotopic (exact) mass is 331 g/mol. The molecule has 2 atom stereocenters. The molecule has 1 heteroatoms. The van der Waals surface area contributed by atoms with E-state index in [1.165, 1.54) is 38.8 Å². The highest BCUT2D eigenvalue weighted by Crippen LogP contribution is 2.43. The molecule has 0 aromatic carbocycles. The molecule has 3 saturated carbocycles. The molecule has 0 aromatic heterocycles. The molecule has 4 aliphatic rings. The molecular weight excluding hydrogens is 290 g/mol. The number of nitrogens with one attached hydrogen (secondary N) is 1. The van der Waals surface area contributed by atoms with Crippen molar-refractivity contribution in [1.82, 2.24) is 5.32 Å². The molecule has 0 radical (unpaired) electrons. The first-order valence-electron chi connectivity index (χ1n) is 11.6. The summed E-state index contributed by atoms with van der Waals surface area (Å²) >= 11 is 0. The van der Waals surface area contributed by atoms with Crippen LogP contribution in [0, 0.1) is 35.5 Å². The van der Waals surface area contributed by atoms with Crippen molar-refractivity contribution < 1.29 is 0 Å². The van der Waals surface area contributed by atoms with E-state index in [2.05, 4.69) is 5.32 Å². The highest BCUT2D eigenvalue weighted by Gasteiger charge is 2.34. The van der Waals surface area contributed by atoms with Gasteiger partial charge >= 0.3 is 0 Å². The second-order valence-corrected chi connectivity index (χ2v) is 9.89. The lowest BCUT2D eigenvalue weighted by molar-refractivity contribution is 0.150. The first kappa shape index (κ1) is 17.4. The van der Waals surface area contributed by atoms with Crippen molar-refractivity contribution in [3.63, 3.8) is 0 Å². The summed E-state index contributed by atoms with van der Waals surface area (Å²) in [5.74, 6) is 6.50. The van der Waals surface area contributed by atoms with Crippen molar-refractivity contribution in [3.8, 4) is 0 Å². The zero-order valence-corrected chi connectivity index (χ0v) is 16.0. The van der Waals surface area contributed by atoms with Gasteiger partial charge in [-0.2, -0.15) is 0 Å². The fourth-order valence-corrected chi connectivity index (χ4v) is 6.88. The van der Waals surface area contributed by atoms with Crippen LogP contribution >= 0.6 is 0 Å². The Balaban J connectivity index is 1.29. The minimum absolute atomic E-state index is 1.03. The van der Waals surface area contributed by atoms with Crippen LogP contribution in [0.25, 0.3) is 0 Å². The molecule has 24 heavy (non-hydrogen) atoms. The van der Waals surface area contributed by atoms with E-state index in [9.17, 15) is 0 Å². The minimum Gasteiger partial charge on any atom is -0.316 e. The van der Waals surface area contributed by atoms with Crippen LogP contribution in [-0.4, -0.2) is 13.1 Å². The Bertz CT molecular complexity index is 358. The highest BCUT2D eigenvalue weighted by atomic mass is 14.9. The maximum absolute atomic E-state index is 3.52. The second-order valence-electron chi connectivity index (χ2n) is 9.89. The Kier molecular flexibility index (Phi) is 6.20. The molecule has 2 unspecified atom stereocenters. The summed E-state index contributed by atoms with van der Waals surface area (Å²) in [5.41, 5.74) is 0. The Morgan fingerprint density at radius 1 is 0.375 bits per heavy atom. The maximum atomic E-state index is 3.52. The van der Waals surface area contributed by atoms with Crippen LogP contribution in [0.2, 0.25) is 0 Å². The molecule has 4 fully saturated rings. The quantitative estimate of drug-likeness (QED) is 0.609. The predicted molar refractivity (Wildman–Crippen MR) is 103 cm³/mol. The largest absolute Gasteiger partial charge is 0.316 e. The summed E-state index contributed by atoms with van der Waals surface area (Å²) < 4.78 is 0. The van der Waals surface area contributed by atoms with E-state index in [0.717, 1.165) is 35.5 Å². The Hall–Kier alpha value is -0.0400. The molecule has 4 rings (SSSR count). The molecule has 1 N–H and O–H groups in total. The lowest BCUT2D eigenvalue weighted by Gasteiger charge is -2.38. The second kappa shape index (κ2) is 8.56. The molecule has 138 valence electrons. The van der Waals surface area contributed by atoms with Crippen molar-refractivity contribution in [3.05, 3.63) is 0 Å². The molecule has 3 aliphatic carbocycles. The van der Waals surface area contributed by atoms with E-state index < -0.39 is 0 Å². The average molecular weight is 332 g/mol. The van der Waals surface area contributed by atoms with E-state index in [0.29, 0.717) is 0 Å². The number of rotatable bonds is 3. The molecular formula is C23H41N. The van der Waals surface area contributed by atoms with Crippen LogP contribution in [0.5, 0.6) is 0 Å². The fourth-order valence-electron chi connectivity index (χ4n) is 6.88. The van der Waals surface area contributed by atoms with Crippen molar-refractivity contribution >= 4 is 0 Å². The van der Waals surface area contributed by atoms with Gasteiger partial charge in [-0.3, -0.25) is 0 Å². The maximum Gasteiger partial charge on any atom is -0.000559 e. The third-order valence-electron chi connectivity index (χ3n) is 8.52. The highest BCUT2D eigenvalue weighted by molar-refractivity contribution is 4.87. The van der Waals surface area contributed by atoms with E-state index in [1.54, 1.807) is 70.6 Å². The van der Waals surface area contributed by atoms with E-state index in [1.807, 2.05) is 0 Å². The Labute approximate surface area is 150 Å². The van der Waals surface area contributed by atoms with Gasteiger partial charge in [-0.15, -0.1) is 0 Å². The third-order valence-corrected chi connectivity index (χ3v) is 8.52. The van der Waals surface area contributed by atoms with Crippen LogP contribution in [0.15, 0.2) is 0 Å². The Morgan fingerprint density at radius 3 is 1.21 bits per heavy atom. The summed E-state index contributed by atoms with van der Waals surface area (Å²) in [6.45, 7) is 2.65. The standard InChI is InChI=1S/C23H41N/c1-2-8-18(7-1)19-11-5-13-20(14-6-12-19)21-9-3-4-10-22(15-21)23-16-24-17-23/h18-24H,1-17H2. The normalized spacial score (nSPS) is 40.5. The van der Waals surface area contributed by atoms with E-state index in [4.69, 9.17) is 0 Å². The van der Waals surface area contributed by atoms with Crippen molar-refractivity contribution in [2.24, 2.45) is 35.5 Å². The van der Waals surface area contributed by atoms with Crippen molar-refractivity contribution in [2.45, 2.75) is 96.3 Å². The summed E-state index contributed by atoms with van der Waals surface area (Å²) in [6.07, 6.45) is 23.3. The van der Waals surface area contributed by atoms with Gasteiger partial charge in [0.25, 0.3) is 0 Å². The summed E-state index contributed by atoms with van der Waals surface area (Å²) in [4.78, 5) is 0. The molecule has 0 aromatic rings.